The van der Waals surface area contributed by atoms with Crippen molar-refractivity contribution in [1.29, 1.82) is 0 Å². The monoisotopic (exact) mass is 366 g/mol. The molecule has 0 saturated heterocycles. The molecular formula is C22H30N4O. The molecule has 0 aliphatic rings. The Morgan fingerprint density at radius 3 is 2.59 bits per heavy atom. The third-order valence-electron chi connectivity index (χ3n) is 4.40. The molecule has 1 aromatic carbocycles. The first-order valence-electron chi connectivity index (χ1n) is 9.54. The Morgan fingerprint density at radius 1 is 1.26 bits per heavy atom. The number of nitrogens with one attached hydrogen (secondary N) is 1. The maximum Gasteiger partial charge on any atom is 0.224 e. The molecule has 0 radical (unpaired) electrons. The summed E-state index contributed by atoms with van der Waals surface area (Å²) >= 11 is 0. The SMILES string of the molecule is CCCN=Cc1cc([C@@H](C)NC(=O)Cc2ccc(C(C)C)cc2)ncc1N. The fraction of sp³-hybridized carbons (Fsp3) is 0.409. The lowest BCUT2D eigenvalue weighted by Crippen LogP contribution is -2.28. The Balaban J connectivity index is 2.00. The van der Waals surface area contributed by atoms with Crippen molar-refractivity contribution in [3.8, 4) is 0 Å². The highest BCUT2D eigenvalue weighted by molar-refractivity contribution is 5.86. The second kappa shape index (κ2) is 9.86. The van der Waals surface area contributed by atoms with Crippen molar-refractivity contribution in [3.05, 3.63) is 58.9 Å². The summed E-state index contributed by atoms with van der Waals surface area (Å²) in [4.78, 5) is 21.1. The average Bonchev–Trinajstić information content (AvgIpc) is 2.63. The van der Waals surface area contributed by atoms with Gasteiger partial charge in [-0.25, -0.2) is 0 Å². The molecule has 1 amide bonds. The number of aromatic nitrogens is 1. The lowest BCUT2D eigenvalue weighted by Gasteiger charge is -2.15. The molecule has 2 aromatic rings. The summed E-state index contributed by atoms with van der Waals surface area (Å²) in [6.45, 7) is 9.07. The molecule has 1 atom stereocenters. The molecule has 0 spiro atoms. The second-order valence-electron chi connectivity index (χ2n) is 7.14. The van der Waals surface area contributed by atoms with Gasteiger partial charge in [0.05, 0.1) is 30.0 Å². The molecule has 0 aliphatic carbocycles. The van der Waals surface area contributed by atoms with Gasteiger partial charge in [-0.05, 0) is 36.5 Å². The molecule has 0 fully saturated rings. The van der Waals surface area contributed by atoms with Gasteiger partial charge in [0.1, 0.15) is 0 Å². The molecule has 1 aromatic heterocycles. The standard InChI is InChI=1S/C22H30N4O/c1-5-10-24-13-19-12-21(25-14-20(19)23)16(4)26-22(27)11-17-6-8-18(9-7-17)15(2)3/h6-9,12-16H,5,10-11,23H2,1-4H3,(H,26,27)/t16-/m1/s1. The van der Waals surface area contributed by atoms with E-state index in [-0.39, 0.29) is 11.9 Å². The van der Waals surface area contributed by atoms with Gasteiger partial charge >= 0.3 is 0 Å². The highest BCUT2D eigenvalue weighted by Gasteiger charge is 2.13. The summed E-state index contributed by atoms with van der Waals surface area (Å²) < 4.78 is 0. The van der Waals surface area contributed by atoms with E-state index >= 15 is 0 Å². The minimum absolute atomic E-state index is 0.0281. The number of hydrogen-bond donors (Lipinski definition) is 2. The van der Waals surface area contributed by atoms with Crippen LogP contribution < -0.4 is 11.1 Å². The predicted octanol–water partition coefficient (Wildman–Crippen LogP) is 4.04. The summed E-state index contributed by atoms with van der Waals surface area (Å²) in [7, 11) is 0. The molecule has 0 aliphatic heterocycles. The van der Waals surface area contributed by atoms with Gasteiger partial charge < -0.3 is 11.1 Å². The molecule has 5 heteroatoms. The number of nitrogens with zero attached hydrogens (tertiary/aromatic N) is 2. The molecule has 27 heavy (non-hydrogen) atoms. The zero-order chi connectivity index (χ0) is 19.8. The molecule has 5 nitrogen and oxygen atoms in total. The number of hydrogen-bond acceptors (Lipinski definition) is 4. The van der Waals surface area contributed by atoms with Crippen LogP contribution in [0.3, 0.4) is 0 Å². The van der Waals surface area contributed by atoms with Crippen LogP contribution >= 0.6 is 0 Å². The second-order valence-corrected chi connectivity index (χ2v) is 7.14. The van der Waals surface area contributed by atoms with Gasteiger partial charge in [-0.1, -0.05) is 45.0 Å². The van der Waals surface area contributed by atoms with E-state index in [0.717, 1.165) is 29.8 Å². The lowest BCUT2D eigenvalue weighted by molar-refractivity contribution is -0.121. The van der Waals surface area contributed by atoms with E-state index in [2.05, 4.69) is 48.2 Å². The number of nitrogen functional groups attached to an aromatic ring is 1. The summed E-state index contributed by atoms with van der Waals surface area (Å²) in [5.74, 6) is 0.458. The van der Waals surface area contributed by atoms with Crippen LogP contribution in [0, 0.1) is 0 Å². The van der Waals surface area contributed by atoms with Gasteiger partial charge in [0.2, 0.25) is 5.91 Å². The first-order chi connectivity index (χ1) is 12.9. The number of aliphatic imine (C=N–C) groups is 1. The third-order valence-corrected chi connectivity index (χ3v) is 4.40. The predicted molar refractivity (Wildman–Crippen MR) is 112 cm³/mol. The van der Waals surface area contributed by atoms with Crippen molar-refractivity contribution in [2.24, 2.45) is 4.99 Å². The van der Waals surface area contributed by atoms with Gasteiger partial charge in [0, 0.05) is 18.3 Å². The zero-order valence-corrected chi connectivity index (χ0v) is 16.7. The van der Waals surface area contributed by atoms with Crippen molar-refractivity contribution >= 4 is 17.8 Å². The average molecular weight is 367 g/mol. The Morgan fingerprint density at radius 2 is 1.96 bits per heavy atom. The smallest absolute Gasteiger partial charge is 0.224 e. The number of pyridine rings is 1. The number of carbonyl (C=O) groups is 1. The number of carbonyl (C=O) groups excluding carboxylic acids is 1. The minimum Gasteiger partial charge on any atom is -0.397 e. The summed E-state index contributed by atoms with van der Waals surface area (Å²) in [6, 6.07) is 9.88. The number of anilines is 1. The minimum atomic E-state index is -0.202. The van der Waals surface area contributed by atoms with Crippen molar-refractivity contribution < 1.29 is 4.79 Å². The van der Waals surface area contributed by atoms with Gasteiger partial charge in [0.25, 0.3) is 0 Å². The molecule has 0 saturated carbocycles. The molecule has 144 valence electrons. The molecule has 0 bridgehead atoms. The van der Waals surface area contributed by atoms with Crippen LogP contribution in [0.15, 0.2) is 41.5 Å². The van der Waals surface area contributed by atoms with E-state index in [0.29, 0.717) is 18.0 Å². The van der Waals surface area contributed by atoms with Gasteiger partial charge in [-0.2, -0.15) is 0 Å². The molecular weight excluding hydrogens is 336 g/mol. The third kappa shape index (κ3) is 6.20. The van der Waals surface area contributed by atoms with E-state index in [1.165, 1.54) is 5.56 Å². The van der Waals surface area contributed by atoms with Crippen LogP contribution in [0.25, 0.3) is 0 Å². The fourth-order valence-corrected chi connectivity index (χ4v) is 2.71. The topological polar surface area (TPSA) is 80.4 Å². The van der Waals surface area contributed by atoms with Crippen LogP contribution in [-0.4, -0.2) is 23.7 Å². The highest BCUT2D eigenvalue weighted by atomic mass is 16.1. The maximum absolute atomic E-state index is 12.4. The Bertz CT molecular complexity index is 781. The van der Waals surface area contributed by atoms with E-state index in [1.54, 1.807) is 12.4 Å². The number of rotatable bonds is 8. The summed E-state index contributed by atoms with van der Waals surface area (Å²) in [5, 5.41) is 3.01. The Labute approximate surface area is 162 Å². The molecule has 2 rings (SSSR count). The number of amides is 1. The van der Waals surface area contributed by atoms with Gasteiger partial charge in [0.15, 0.2) is 0 Å². The van der Waals surface area contributed by atoms with Crippen molar-refractivity contribution in [1.82, 2.24) is 10.3 Å². The van der Waals surface area contributed by atoms with E-state index in [9.17, 15) is 4.79 Å². The first-order valence-corrected chi connectivity index (χ1v) is 9.54. The Hall–Kier alpha value is -2.69. The number of nitrogens with two attached hydrogens (primary N) is 1. The van der Waals surface area contributed by atoms with Gasteiger partial charge in [-0.3, -0.25) is 14.8 Å². The lowest BCUT2D eigenvalue weighted by atomic mass is 10.0. The normalized spacial score (nSPS) is 12.5. The van der Waals surface area contributed by atoms with Crippen molar-refractivity contribution in [2.45, 2.75) is 52.5 Å². The van der Waals surface area contributed by atoms with E-state index in [1.807, 2.05) is 25.1 Å². The van der Waals surface area contributed by atoms with Crippen LogP contribution in [0.4, 0.5) is 5.69 Å². The summed E-state index contributed by atoms with van der Waals surface area (Å²) in [6.07, 6.45) is 4.73. The van der Waals surface area contributed by atoms with E-state index < -0.39 is 0 Å². The zero-order valence-electron chi connectivity index (χ0n) is 16.7. The van der Waals surface area contributed by atoms with Crippen LogP contribution in [0.1, 0.15) is 68.5 Å². The van der Waals surface area contributed by atoms with E-state index in [4.69, 9.17) is 5.73 Å². The molecule has 3 N–H and O–H groups in total. The quantitative estimate of drug-likeness (QED) is 0.692. The molecule has 0 unspecified atom stereocenters. The fourth-order valence-electron chi connectivity index (χ4n) is 2.71. The van der Waals surface area contributed by atoms with Gasteiger partial charge in [-0.15, -0.1) is 0 Å². The largest absolute Gasteiger partial charge is 0.397 e. The maximum atomic E-state index is 12.4. The summed E-state index contributed by atoms with van der Waals surface area (Å²) in [5.41, 5.74) is 10.4. The van der Waals surface area contributed by atoms with Crippen LogP contribution in [0.2, 0.25) is 0 Å². The Kier molecular flexibility index (Phi) is 7.53. The van der Waals surface area contributed by atoms with Crippen molar-refractivity contribution in [3.63, 3.8) is 0 Å². The first kappa shape index (κ1) is 20.6. The molecule has 1 heterocycles. The number of benzene rings is 1. The highest BCUT2D eigenvalue weighted by Crippen LogP contribution is 2.17. The van der Waals surface area contributed by atoms with Crippen LogP contribution in [-0.2, 0) is 11.2 Å². The van der Waals surface area contributed by atoms with Crippen molar-refractivity contribution in [2.75, 3.05) is 12.3 Å². The van der Waals surface area contributed by atoms with Crippen LogP contribution in [0.5, 0.6) is 0 Å².